The maximum Gasteiger partial charge on any atom is 0.253 e. The Morgan fingerprint density at radius 2 is 1.48 bits per heavy atom. The number of amides is 1. The number of alkyl halides is 3. The second kappa shape index (κ2) is 8.62. The Morgan fingerprint density at radius 1 is 0.880 bits per heavy atom. The Bertz CT molecular complexity index is 772. The molecule has 0 spiro atoms. The van der Waals surface area contributed by atoms with Gasteiger partial charge in [-0.2, -0.15) is 0 Å². The molecule has 1 atom stereocenters. The van der Waals surface area contributed by atoms with Crippen LogP contribution in [0, 0.1) is 0 Å². The molecule has 0 aliphatic heterocycles. The normalized spacial score (nSPS) is 12.6. The molecule has 2 aromatic carbocycles. The predicted octanol–water partition coefficient (Wildman–Crippen LogP) is 6.84. The smallest absolute Gasteiger partial charge is 0.253 e. The molecular formula is C15H9Cl7N2O. The fourth-order valence-corrected chi connectivity index (χ4v) is 3.01. The van der Waals surface area contributed by atoms with E-state index in [0.29, 0.717) is 20.8 Å². The van der Waals surface area contributed by atoms with E-state index >= 15 is 0 Å². The lowest BCUT2D eigenvalue weighted by Crippen LogP contribution is -2.49. The molecule has 3 nitrogen and oxygen atoms in total. The molecule has 0 aliphatic carbocycles. The van der Waals surface area contributed by atoms with Gasteiger partial charge in [0.2, 0.25) is 3.79 Å². The number of halogens is 7. The zero-order chi connectivity index (χ0) is 18.8. The van der Waals surface area contributed by atoms with Crippen molar-refractivity contribution >= 4 is 92.8 Å². The summed E-state index contributed by atoms with van der Waals surface area (Å²) < 4.78 is -1.86. The van der Waals surface area contributed by atoms with E-state index in [1.54, 1.807) is 18.2 Å². The van der Waals surface area contributed by atoms with Gasteiger partial charge < -0.3 is 10.6 Å². The molecule has 2 aromatic rings. The summed E-state index contributed by atoms with van der Waals surface area (Å²) in [5.41, 5.74) is 0.711. The summed E-state index contributed by atoms with van der Waals surface area (Å²) in [6.07, 6.45) is -1.08. The van der Waals surface area contributed by atoms with Crippen molar-refractivity contribution in [1.29, 1.82) is 0 Å². The summed E-state index contributed by atoms with van der Waals surface area (Å²) in [6.45, 7) is 0. The first-order chi connectivity index (χ1) is 11.6. The maximum absolute atomic E-state index is 12.4. The van der Waals surface area contributed by atoms with Crippen LogP contribution in [0.5, 0.6) is 0 Å². The summed E-state index contributed by atoms with van der Waals surface area (Å²) in [6, 6.07) is 9.09. The average molecular weight is 481 g/mol. The van der Waals surface area contributed by atoms with Gasteiger partial charge in [0.25, 0.3) is 5.91 Å². The number of hydrogen-bond donors (Lipinski definition) is 2. The summed E-state index contributed by atoms with van der Waals surface area (Å²) in [5, 5.41) is 6.76. The average Bonchev–Trinajstić information content (AvgIpc) is 2.47. The molecule has 10 heteroatoms. The maximum atomic E-state index is 12.4. The van der Waals surface area contributed by atoms with E-state index in [4.69, 9.17) is 81.2 Å². The van der Waals surface area contributed by atoms with Gasteiger partial charge in [0.1, 0.15) is 6.17 Å². The van der Waals surface area contributed by atoms with Crippen LogP contribution in [0.3, 0.4) is 0 Å². The van der Waals surface area contributed by atoms with E-state index in [1.165, 1.54) is 18.2 Å². The van der Waals surface area contributed by atoms with Crippen LogP contribution in [0.2, 0.25) is 20.1 Å². The number of anilines is 1. The number of hydrogen-bond acceptors (Lipinski definition) is 2. The molecule has 0 radical (unpaired) electrons. The Kier molecular flexibility index (Phi) is 7.26. The minimum atomic E-state index is -1.86. The second-order valence-corrected chi connectivity index (χ2v) is 8.94. The Labute approximate surface area is 179 Å². The van der Waals surface area contributed by atoms with E-state index in [9.17, 15) is 4.79 Å². The standard InChI is InChI=1S/C15H9Cl7N2O/c16-8-4-9(17)6-10(5-8)23-14(15(20,21)22)24-13(25)7-1-2-11(18)12(19)3-7/h1-6,14,23H,(H,24,25). The Balaban J connectivity index is 2.23. The third-order valence-electron chi connectivity index (χ3n) is 2.96. The van der Waals surface area contributed by atoms with E-state index < -0.39 is 15.9 Å². The third kappa shape index (κ3) is 6.14. The first-order valence-electron chi connectivity index (χ1n) is 6.61. The van der Waals surface area contributed by atoms with Crippen molar-refractivity contribution in [2.45, 2.75) is 9.96 Å². The van der Waals surface area contributed by atoms with Crippen molar-refractivity contribution in [3.8, 4) is 0 Å². The van der Waals surface area contributed by atoms with Crippen molar-refractivity contribution in [2.75, 3.05) is 5.32 Å². The highest BCUT2D eigenvalue weighted by Crippen LogP contribution is 2.33. The molecule has 134 valence electrons. The molecule has 0 saturated carbocycles. The highest BCUT2D eigenvalue weighted by molar-refractivity contribution is 6.68. The van der Waals surface area contributed by atoms with Crippen LogP contribution in [0.15, 0.2) is 36.4 Å². The van der Waals surface area contributed by atoms with Crippen molar-refractivity contribution in [1.82, 2.24) is 5.32 Å². The molecule has 0 bridgehead atoms. The molecule has 0 aliphatic rings. The topological polar surface area (TPSA) is 41.1 Å². The van der Waals surface area contributed by atoms with Crippen LogP contribution in [0.25, 0.3) is 0 Å². The highest BCUT2D eigenvalue weighted by atomic mass is 35.6. The van der Waals surface area contributed by atoms with E-state index in [2.05, 4.69) is 10.6 Å². The van der Waals surface area contributed by atoms with E-state index in [0.717, 1.165) is 0 Å². The van der Waals surface area contributed by atoms with Gasteiger partial charge in [0.05, 0.1) is 10.0 Å². The molecule has 2 rings (SSSR count). The minimum absolute atomic E-state index is 0.231. The van der Waals surface area contributed by atoms with Gasteiger partial charge in [-0.1, -0.05) is 81.2 Å². The fourth-order valence-electron chi connectivity index (χ4n) is 1.86. The molecule has 2 N–H and O–H groups in total. The first-order valence-corrected chi connectivity index (χ1v) is 9.26. The van der Waals surface area contributed by atoms with Crippen LogP contribution in [0.4, 0.5) is 5.69 Å². The summed E-state index contributed by atoms with van der Waals surface area (Å²) in [5.74, 6) is -0.518. The second-order valence-electron chi connectivity index (χ2n) is 4.88. The molecule has 0 fully saturated rings. The lowest BCUT2D eigenvalue weighted by molar-refractivity contribution is 0.0942. The third-order valence-corrected chi connectivity index (χ3v) is 4.79. The zero-order valence-electron chi connectivity index (χ0n) is 12.1. The zero-order valence-corrected chi connectivity index (χ0v) is 17.4. The fraction of sp³-hybridized carbons (Fsp3) is 0.133. The van der Waals surface area contributed by atoms with Gasteiger partial charge in [-0.3, -0.25) is 4.79 Å². The van der Waals surface area contributed by atoms with Gasteiger partial charge in [-0.05, 0) is 36.4 Å². The number of rotatable bonds is 4. The number of carbonyl (C=O) groups is 1. The summed E-state index contributed by atoms with van der Waals surface area (Å²) >= 11 is 41.5. The lowest BCUT2D eigenvalue weighted by Gasteiger charge is -2.27. The SMILES string of the molecule is O=C(NC(Nc1cc(Cl)cc(Cl)c1)C(Cl)(Cl)Cl)c1ccc(Cl)c(Cl)c1. The number of nitrogens with one attached hydrogen (secondary N) is 2. The minimum Gasteiger partial charge on any atom is -0.362 e. The van der Waals surface area contributed by atoms with Gasteiger partial charge in [0, 0.05) is 21.3 Å². The van der Waals surface area contributed by atoms with Gasteiger partial charge in [0.15, 0.2) is 0 Å². The quantitative estimate of drug-likeness (QED) is 0.371. The molecule has 1 amide bonds. The molecule has 1 unspecified atom stereocenters. The van der Waals surface area contributed by atoms with Crippen LogP contribution in [0.1, 0.15) is 10.4 Å². The Hall–Kier alpha value is -0.260. The molecular weight excluding hydrogens is 472 g/mol. The molecule has 0 saturated heterocycles. The monoisotopic (exact) mass is 478 g/mol. The van der Waals surface area contributed by atoms with E-state index in [1.807, 2.05) is 0 Å². The van der Waals surface area contributed by atoms with Gasteiger partial charge in [-0.25, -0.2) is 0 Å². The molecule has 0 aromatic heterocycles. The Morgan fingerprint density at radius 3 is 2.00 bits per heavy atom. The van der Waals surface area contributed by atoms with E-state index in [-0.39, 0.29) is 10.6 Å². The van der Waals surface area contributed by atoms with Crippen LogP contribution in [-0.4, -0.2) is 15.9 Å². The number of benzene rings is 2. The summed E-state index contributed by atoms with van der Waals surface area (Å²) in [4.78, 5) is 12.4. The van der Waals surface area contributed by atoms with Crippen LogP contribution < -0.4 is 10.6 Å². The van der Waals surface area contributed by atoms with Gasteiger partial charge in [-0.15, -0.1) is 0 Å². The summed E-state index contributed by atoms with van der Waals surface area (Å²) in [7, 11) is 0. The molecule has 0 heterocycles. The van der Waals surface area contributed by atoms with Crippen molar-refractivity contribution < 1.29 is 4.79 Å². The molecule has 25 heavy (non-hydrogen) atoms. The lowest BCUT2D eigenvalue weighted by atomic mass is 10.2. The van der Waals surface area contributed by atoms with Crippen molar-refractivity contribution in [2.24, 2.45) is 0 Å². The largest absolute Gasteiger partial charge is 0.362 e. The van der Waals surface area contributed by atoms with Crippen molar-refractivity contribution in [3.05, 3.63) is 62.1 Å². The highest BCUT2D eigenvalue weighted by Gasteiger charge is 2.34. The first kappa shape index (κ1) is 21.0. The van der Waals surface area contributed by atoms with Crippen molar-refractivity contribution in [3.63, 3.8) is 0 Å². The van der Waals surface area contributed by atoms with Crippen LogP contribution >= 0.6 is 81.2 Å². The number of carbonyl (C=O) groups excluding carboxylic acids is 1. The predicted molar refractivity (Wildman–Crippen MR) is 108 cm³/mol. The van der Waals surface area contributed by atoms with Crippen LogP contribution in [-0.2, 0) is 0 Å². The van der Waals surface area contributed by atoms with Gasteiger partial charge >= 0.3 is 0 Å².